The number of hydrazine groups is 1. The third-order valence-electron chi connectivity index (χ3n) is 7.62. The average Bonchev–Trinajstić information content (AvgIpc) is 3.47. The van der Waals surface area contributed by atoms with E-state index in [1.807, 2.05) is 6.07 Å². The maximum atomic E-state index is 13.3. The Kier molecular flexibility index (Phi) is 4.77. The maximum absolute atomic E-state index is 13.3. The molecule has 1 aromatic carbocycles. The van der Waals surface area contributed by atoms with Crippen LogP contribution in [0.5, 0.6) is 0 Å². The number of carbonyl (C=O) groups is 3. The molecule has 0 radical (unpaired) electrons. The van der Waals surface area contributed by atoms with Crippen LogP contribution in [0.1, 0.15) is 5.56 Å². The molecule has 3 amide bonds. The summed E-state index contributed by atoms with van der Waals surface area (Å²) in [7, 11) is 0. The summed E-state index contributed by atoms with van der Waals surface area (Å²) in [5.74, 6) is -4.69. The van der Waals surface area contributed by atoms with Gasteiger partial charge in [-0.2, -0.15) is 5.01 Å². The molecule has 3 heterocycles. The van der Waals surface area contributed by atoms with E-state index >= 15 is 0 Å². The predicted octanol–water partition coefficient (Wildman–Crippen LogP) is 3.72. The van der Waals surface area contributed by atoms with Gasteiger partial charge in [-0.25, -0.2) is 0 Å². The zero-order valence-electron chi connectivity index (χ0n) is 16.4. The highest BCUT2D eigenvalue weighted by Crippen LogP contribution is 2.81. The number of carbonyl (C=O) groups excluding carboxylic acids is 3. The number of nitrogens with one attached hydrogen (secondary N) is 1. The Labute approximate surface area is 218 Å². The van der Waals surface area contributed by atoms with Crippen LogP contribution < -0.4 is 5.43 Å². The van der Waals surface area contributed by atoms with E-state index in [4.69, 9.17) is 74.3 Å². The quantitative estimate of drug-likeness (QED) is 0.444. The van der Waals surface area contributed by atoms with Crippen molar-refractivity contribution in [2.45, 2.75) is 32.7 Å². The molecule has 6 rings (SSSR count). The van der Waals surface area contributed by atoms with Crippen LogP contribution in [-0.4, -0.2) is 49.0 Å². The van der Waals surface area contributed by atoms with Gasteiger partial charge in [0.2, 0.25) is 5.91 Å². The van der Waals surface area contributed by atoms with E-state index in [0.29, 0.717) is 0 Å². The number of ether oxygens (including phenoxy) is 1. The molecule has 2 aliphatic carbocycles. The van der Waals surface area contributed by atoms with Crippen molar-refractivity contribution in [3.05, 3.63) is 46.0 Å². The molecule has 33 heavy (non-hydrogen) atoms. The second kappa shape index (κ2) is 6.94. The fourth-order valence-electron chi connectivity index (χ4n) is 6.35. The van der Waals surface area contributed by atoms with Crippen molar-refractivity contribution in [2.24, 2.45) is 23.7 Å². The number of nitrogens with zero attached hydrogens (tertiary/aromatic N) is 1. The molecule has 0 unspecified atom stereocenters. The Balaban J connectivity index is 1.31. The Morgan fingerprint density at radius 3 is 1.88 bits per heavy atom. The molecule has 1 aromatic rings. The molecule has 4 fully saturated rings. The van der Waals surface area contributed by atoms with Crippen molar-refractivity contribution in [1.82, 2.24) is 10.4 Å². The highest BCUT2D eigenvalue weighted by Gasteiger charge is 2.90. The van der Waals surface area contributed by atoms with Gasteiger partial charge >= 0.3 is 0 Å². The highest BCUT2D eigenvalue weighted by atomic mass is 35.5. The Morgan fingerprint density at radius 2 is 1.39 bits per heavy atom. The lowest BCUT2D eigenvalue weighted by molar-refractivity contribution is -0.151. The monoisotopic (exact) mass is 568 g/mol. The number of allylic oxidation sites excluding steroid dienone is 2. The third kappa shape index (κ3) is 2.42. The second-order valence-corrected chi connectivity index (χ2v) is 12.3. The molecule has 174 valence electrons. The molecule has 8 atom stereocenters. The lowest BCUT2D eigenvalue weighted by Gasteiger charge is -2.39. The van der Waals surface area contributed by atoms with Gasteiger partial charge in [-0.15, -0.1) is 23.2 Å². The first-order valence-corrected chi connectivity index (χ1v) is 12.4. The molecule has 3 aliphatic heterocycles. The molecule has 4 bridgehead atoms. The van der Waals surface area contributed by atoms with Crippen molar-refractivity contribution < 1.29 is 19.1 Å². The van der Waals surface area contributed by atoms with Crippen molar-refractivity contribution >= 4 is 87.3 Å². The molecular formula is C21H14Cl6N2O4. The summed E-state index contributed by atoms with van der Waals surface area (Å²) in [6.07, 6.45) is -1.62. The second-order valence-electron chi connectivity index (χ2n) is 9.00. The first-order valence-electron chi connectivity index (χ1n) is 10.2. The fraction of sp³-hybridized carbons (Fsp3) is 0.476. The summed E-state index contributed by atoms with van der Waals surface area (Å²) in [6.45, 7) is 0. The highest BCUT2D eigenvalue weighted by molar-refractivity contribution is 6.65. The largest absolute Gasteiger partial charge is 0.373 e. The predicted molar refractivity (Wildman–Crippen MR) is 123 cm³/mol. The number of hydrogen-bond donors (Lipinski definition) is 1. The summed E-state index contributed by atoms with van der Waals surface area (Å²) in [6, 6.07) is 8.97. The number of benzene rings is 1. The van der Waals surface area contributed by atoms with Crippen molar-refractivity contribution in [3.8, 4) is 0 Å². The number of amides is 3. The first kappa shape index (κ1) is 22.7. The van der Waals surface area contributed by atoms with Crippen molar-refractivity contribution in [3.63, 3.8) is 0 Å². The summed E-state index contributed by atoms with van der Waals surface area (Å²) < 4.78 is 4.31. The van der Waals surface area contributed by atoms with E-state index in [2.05, 4.69) is 5.43 Å². The minimum Gasteiger partial charge on any atom is -0.373 e. The van der Waals surface area contributed by atoms with Crippen LogP contribution in [0, 0.1) is 23.7 Å². The van der Waals surface area contributed by atoms with Gasteiger partial charge < -0.3 is 4.74 Å². The van der Waals surface area contributed by atoms with E-state index in [9.17, 15) is 14.4 Å². The van der Waals surface area contributed by atoms with Gasteiger partial charge in [0, 0.05) is 11.8 Å². The van der Waals surface area contributed by atoms with Gasteiger partial charge in [0.15, 0.2) is 4.33 Å². The van der Waals surface area contributed by atoms with Gasteiger partial charge in [0.05, 0.1) is 40.5 Å². The normalized spacial score (nSPS) is 44.0. The number of rotatable bonds is 3. The molecule has 3 saturated heterocycles. The van der Waals surface area contributed by atoms with Gasteiger partial charge in [-0.1, -0.05) is 76.7 Å². The molecule has 1 saturated carbocycles. The van der Waals surface area contributed by atoms with E-state index in [1.54, 1.807) is 24.3 Å². The van der Waals surface area contributed by atoms with E-state index in [1.165, 1.54) is 0 Å². The van der Waals surface area contributed by atoms with Crippen LogP contribution in [0.3, 0.4) is 0 Å². The Hall–Kier alpha value is -0.730. The van der Waals surface area contributed by atoms with Gasteiger partial charge in [0.25, 0.3) is 11.8 Å². The lowest BCUT2D eigenvalue weighted by atomic mass is 9.65. The SMILES string of the molecule is O=C(Cc1ccccc1)NN1C(=O)[C@@H]2[C@H]3O[C@@H]([C@@H]2C1=O)[C@@H]1[C@@H]3[C@@]2(Cl)C(Cl)=C(Cl)[C@@]1(Cl)C2(Cl)Cl. The number of hydrogen-bond acceptors (Lipinski definition) is 4. The van der Waals surface area contributed by atoms with Crippen LogP contribution in [0.4, 0.5) is 0 Å². The molecule has 1 N–H and O–H groups in total. The van der Waals surface area contributed by atoms with Crippen LogP contribution >= 0.6 is 69.6 Å². The van der Waals surface area contributed by atoms with Gasteiger partial charge in [-0.3, -0.25) is 19.8 Å². The Morgan fingerprint density at radius 1 is 0.909 bits per heavy atom. The lowest BCUT2D eigenvalue weighted by Crippen LogP contribution is -2.50. The molecular weight excluding hydrogens is 557 g/mol. The van der Waals surface area contributed by atoms with Crippen LogP contribution in [0.25, 0.3) is 0 Å². The first-order chi connectivity index (χ1) is 15.5. The minimum absolute atomic E-state index is 0.00751. The van der Waals surface area contributed by atoms with Crippen LogP contribution in [0.15, 0.2) is 40.4 Å². The fourth-order valence-corrected chi connectivity index (χ4v) is 9.41. The minimum atomic E-state index is -1.78. The van der Waals surface area contributed by atoms with Crippen LogP contribution in [-0.2, 0) is 25.5 Å². The summed E-state index contributed by atoms with van der Waals surface area (Å²) in [5, 5.41) is 0.813. The summed E-state index contributed by atoms with van der Waals surface area (Å²) in [5.41, 5.74) is 3.18. The molecule has 5 aliphatic rings. The smallest absolute Gasteiger partial charge is 0.254 e. The number of imide groups is 1. The molecule has 0 aromatic heterocycles. The zero-order valence-corrected chi connectivity index (χ0v) is 20.9. The zero-order chi connectivity index (χ0) is 23.7. The van der Waals surface area contributed by atoms with E-state index in [-0.39, 0.29) is 16.5 Å². The summed E-state index contributed by atoms with van der Waals surface area (Å²) >= 11 is 40.1. The van der Waals surface area contributed by atoms with Gasteiger partial charge in [-0.05, 0) is 5.56 Å². The van der Waals surface area contributed by atoms with E-state index in [0.717, 1.165) is 10.6 Å². The molecule has 6 nitrogen and oxygen atoms in total. The maximum Gasteiger partial charge on any atom is 0.254 e. The topological polar surface area (TPSA) is 75.7 Å². The summed E-state index contributed by atoms with van der Waals surface area (Å²) in [4.78, 5) is 35.9. The molecule has 0 spiro atoms. The number of halogens is 6. The number of fused-ring (bicyclic) bond motifs is 12. The Bertz CT molecular complexity index is 1100. The van der Waals surface area contributed by atoms with Crippen molar-refractivity contribution in [1.29, 1.82) is 0 Å². The van der Waals surface area contributed by atoms with Gasteiger partial charge in [0.1, 0.15) is 9.75 Å². The van der Waals surface area contributed by atoms with E-state index < -0.39 is 67.7 Å². The van der Waals surface area contributed by atoms with Crippen molar-refractivity contribution in [2.75, 3.05) is 0 Å². The molecule has 12 heteroatoms. The standard InChI is InChI=1S/C21H14Cl6N2O4/c22-15-16(23)20(25)12-11(19(15,24)21(20,26)27)13-9-10(14(12)33-13)18(32)29(17(9)31)28-8(30)6-7-4-2-1-3-5-7/h1-5,9-14H,6H2,(H,28,30)/t9-,10+,11-,12-,13+,14-,19+,20+/m0/s1. The van der Waals surface area contributed by atoms with Crippen LogP contribution in [0.2, 0.25) is 0 Å². The average molecular weight is 571 g/mol. The number of alkyl halides is 4. The third-order valence-corrected chi connectivity index (χ3v) is 11.9.